The van der Waals surface area contributed by atoms with E-state index >= 15 is 0 Å². The van der Waals surface area contributed by atoms with Gasteiger partial charge in [0, 0.05) is 18.7 Å². The van der Waals surface area contributed by atoms with Gasteiger partial charge in [0.15, 0.2) is 11.5 Å². The first-order chi connectivity index (χ1) is 16.4. The zero-order chi connectivity index (χ0) is 24.8. The normalized spacial score (nSPS) is 17.4. The standard InChI is InChI=1S/C26H32N2O6/c1-6-27(7-2)13-14-28-22(18-15-19(32-3)25(34-5)20(16-18)33-4)21(24(30)26(28)31)23(29)17-11-9-8-10-12-17/h8-12,15-16,22,29H,6-7,13-14H2,1-5H3/b23-21-. The van der Waals surface area contributed by atoms with Crippen LogP contribution in [0.2, 0.25) is 0 Å². The number of rotatable bonds is 10. The quantitative estimate of drug-likeness (QED) is 0.324. The maximum atomic E-state index is 13.2. The number of carbonyl (C=O) groups is 2. The number of aliphatic hydroxyl groups excluding tert-OH is 1. The summed E-state index contributed by atoms with van der Waals surface area (Å²) in [5.74, 6) is -0.403. The third-order valence-electron chi connectivity index (χ3n) is 6.14. The molecule has 0 bridgehead atoms. The van der Waals surface area contributed by atoms with Crippen molar-refractivity contribution in [3.8, 4) is 17.2 Å². The Hall–Kier alpha value is -3.52. The average Bonchev–Trinajstić information content (AvgIpc) is 3.13. The molecule has 1 atom stereocenters. The number of aliphatic hydroxyl groups is 1. The number of ether oxygens (including phenoxy) is 3. The molecule has 0 spiro atoms. The van der Waals surface area contributed by atoms with Crippen LogP contribution in [-0.2, 0) is 9.59 Å². The van der Waals surface area contributed by atoms with Crippen LogP contribution in [0.25, 0.3) is 5.76 Å². The minimum Gasteiger partial charge on any atom is -0.507 e. The van der Waals surface area contributed by atoms with E-state index in [-0.39, 0.29) is 11.3 Å². The molecule has 0 radical (unpaired) electrons. The fourth-order valence-corrected chi connectivity index (χ4v) is 4.26. The molecule has 182 valence electrons. The smallest absolute Gasteiger partial charge is 0.295 e. The molecule has 1 aliphatic rings. The van der Waals surface area contributed by atoms with Crippen molar-refractivity contribution in [1.82, 2.24) is 9.80 Å². The Morgan fingerprint density at radius 3 is 2.06 bits per heavy atom. The number of likely N-dealkylation sites (N-methyl/N-ethyl adjacent to an activating group) is 1. The van der Waals surface area contributed by atoms with Crippen molar-refractivity contribution in [3.63, 3.8) is 0 Å². The van der Waals surface area contributed by atoms with Gasteiger partial charge in [0.25, 0.3) is 11.7 Å². The highest BCUT2D eigenvalue weighted by atomic mass is 16.5. The minimum absolute atomic E-state index is 0.0324. The topological polar surface area (TPSA) is 88.5 Å². The van der Waals surface area contributed by atoms with E-state index in [1.165, 1.54) is 26.2 Å². The molecule has 1 saturated heterocycles. The van der Waals surface area contributed by atoms with E-state index in [2.05, 4.69) is 4.90 Å². The van der Waals surface area contributed by atoms with E-state index < -0.39 is 17.7 Å². The van der Waals surface area contributed by atoms with Crippen molar-refractivity contribution in [3.05, 3.63) is 59.2 Å². The van der Waals surface area contributed by atoms with Crippen LogP contribution >= 0.6 is 0 Å². The molecule has 2 aromatic rings. The SMILES string of the molecule is CCN(CC)CCN1C(=O)C(=O)/C(=C(\O)c2ccccc2)C1c1cc(OC)c(OC)c(OC)c1. The van der Waals surface area contributed by atoms with E-state index in [1.54, 1.807) is 36.4 Å². The lowest BCUT2D eigenvalue weighted by atomic mass is 9.94. The Bertz CT molecular complexity index is 1040. The van der Waals surface area contributed by atoms with Crippen molar-refractivity contribution in [2.75, 3.05) is 47.5 Å². The van der Waals surface area contributed by atoms with Gasteiger partial charge < -0.3 is 29.1 Å². The summed E-state index contributed by atoms with van der Waals surface area (Å²) in [6.45, 7) is 6.64. The number of nitrogens with zero attached hydrogens (tertiary/aromatic N) is 2. The molecule has 1 fully saturated rings. The second-order valence-corrected chi connectivity index (χ2v) is 7.84. The summed E-state index contributed by atoms with van der Waals surface area (Å²) in [5, 5.41) is 11.2. The number of hydrogen-bond donors (Lipinski definition) is 1. The minimum atomic E-state index is -0.815. The third-order valence-corrected chi connectivity index (χ3v) is 6.14. The number of likely N-dealkylation sites (tertiary alicyclic amines) is 1. The molecular formula is C26H32N2O6. The molecule has 8 nitrogen and oxygen atoms in total. The lowest BCUT2D eigenvalue weighted by Gasteiger charge is -2.29. The van der Waals surface area contributed by atoms with Gasteiger partial charge in [0.05, 0.1) is 32.9 Å². The van der Waals surface area contributed by atoms with Crippen LogP contribution in [0.3, 0.4) is 0 Å². The average molecular weight is 469 g/mol. The first-order valence-corrected chi connectivity index (χ1v) is 11.3. The zero-order valence-electron chi connectivity index (χ0n) is 20.3. The molecule has 1 amide bonds. The predicted octanol–water partition coefficient (Wildman–Crippen LogP) is 3.48. The summed E-state index contributed by atoms with van der Waals surface area (Å²) >= 11 is 0. The van der Waals surface area contributed by atoms with Crippen molar-refractivity contribution < 1.29 is 28.9 Å². The maximum Gasteiger partial charge on any atom is 0.295 e. The van der Waals surface area contributed by atoms with Crippen LogP contribution in [0, 0.1) is 0 Å². The van der Waals surface area contributed by atoms with E-state index in [0.29, 0.717) is 41.5 Å². The van der Waals surface area contributed by atoms with Crippen LogP contribution in [0.4, 0.5) is 0 Å². The summed E-state index contributed by atoms with van der Waals surface area (Å²) in [4.78, 5) is 30.1. The molecule has 8 heteroatoms. The monoisotopic (exact) mass is 468 g/mol. The number of Topliss-reactive ketones (excluding diaryl/α,β-unsaturated/α-hetero) is 1. The number of carbonyl (C=O) groups excluding carboxylic acids is 2. The maximum absolute atomic E-state index is 13.2. The first kappa shape index (κ1) is 25.1. The van der Waals surface area contributed by atoms with Crippen LogP contribution in [0.15, 0.2) is 48.0 Å². The highest BCUT2D eigenvalue weighted by molar-refractivity contribution is 6.46. The Labute approximate surface area is 200 Å². The first-order valence-electron chi connectivity index (χ1n) is 11.3. The van der Waals surface area contributed by atoms with Crippen molar-refractivity contribution in [1.29, 1.82) is 0 Å². The molecule has 2 aromatic carbocycles. The van der Waals surface area contributed by atoms with E-state index in [1.807, 2.05) is 19.9 Å². The van der Waals surface area contributed by atoms with Crippen LogP contribution in [-0.4, -0.2) is 74.1 Å². The van der Waals surface area contributed by atoms with Gasteiger partial charge >= 0.3 is 0 Å². The highest BCUT2D eigenvalue weighted by Crippen LogP contribution is 2.45. The van der Waals surface area contributed by atoms with Gasteiger partial charge in [0.2, 0.25) is 5.75 Å². The second-order valence-electron chi connectivity index (χ2n) is 7.84. The van der Waals surface area contributed by atoms with E-state index in [0.717, 1.165) is 13.1 Å². The van der Waals surface area contributed by atoms with E-state index in [9.17, 15) is 14.7 Å². The van der Waals surface area contributed by atoms with Gasteiger partial charge in [0.1, 0.15) is 5.76 Å². The Morgan fingerprint density at radius 1 is 0.971 bits per heavy atom. The molecule has 0 aliphatic carbocycles. The van der Waals surface area contributed by atoms with Crippen LogP contribution in [0.5, 0.6) is 17.2 Å². The van der Waals surface area contributed by atoms with Gasteiger partial charge in [-0.05, 0) is 30.8 Å². The Morgan fingerprint density at radius 2 is 1.56 bits per heavy atom. The fourth-order valence-electron chi connectivity index (χ4n) is 4.26. The van der Waals surface area contributed by atoms with Gasteiger partial charge in [-0.1, -0.05) is 44.2 Å². The van der Waals surface area contributed by atoms with Gasteiger partial charge in [-0.2, -0.15) is 0 Å². The number of methoxy groups -OCH3 is 3. The number of hydrogen-bond acceptors (Lipinski definition) is 7. The lowest BCUT2D eigenvalue weighted by Crippen LogP contribution is -2.38. The summed E-state index contributed by atoms with van der Waals surface area (Å²) in [7, 11) is 4.51. The fraction of sp³-hybridized carbons (Fsp3) is 0.385. The molecule has 1 unspecified atom stereocenters. The van der Waals surface area contributed by atoms with Gasteiger partial charge in [-0.3, -0.25) is 9.59 Å². The predicted molar refractivity (Wildman–Crippen MR) is 129 cm³/mol. The molecule has 3 rings (SSSR count). The molecule has 1 N–H and O–H groups in total. The Balaban J connectivity index is 2.21. The lowest BCUT2D eigenvalue weighted by molar-refractivity contribution is -0.140. The van der Waals surface area contributed by atoms with Gasteiger partial charge in [-0.25, -0.2) is 0 Å². The highest BCUT2D eigenvalue weighted by Gasteiger charge is 2.46. The molecule has 1 aliphatic heterocycles. The number of amides is 1. The summed E-state index contributed by atoms with van der Waals surface area (Å²) in [5.41, 5.74) is 1.07. The third kappa shape index (κ3) is 4.72. The van der Waals surface area contributed by atoms with Crippen LogP contribution in [0.1, 0.15) is 31.0 Å². The zero-order valence-corrected chi connectivity index (χ0v) is 20.3. The number of benzene rings is 2. The summed E-state index contributed by atoms with van der Waals surface area (Å²) in [6.07, 6.45) is 0. The largest absolute Gasteiger partial charge is 0.507 e. The van der Waals surface area contributed by atoms with Crippen LogP contribution < -0.4 is 14.2 Å². The van der Waals surface area contributed by atoms with Crippen molar-refractivity contribution >= 4 is 17.4 Å². The number of ketones is 1. The Kier molecular flexibility index (Phi) is 8.17. The summed E-state index contributed by atoms with van der Waals surface area (Å²) < 4.78 is 16.4. The van der Waals surface area contributed by atoms with Gasteiger partial charge in [-0.15, -0.1) is 0 Å². The molecular weight excluding hydrogens is 436 g/mol. The molecule has 0 saturated carbocycles. The summed E-state index contributed by atoms with van der Waals surface area (Å²) in [6, 6.07) is 11.3. The molecule has 0 aromatic heterocycles. The van der Waals surface area contributed by atoms with Crippen molar-refractivity contribution in [2.24, 2.45) is 0 Å². The molecule has 1 heterocycles. The van der Waals surface area contributed by atoms with E-state index in [4.69, 9.17) is 14.2 Å². The van der Waals surface area contributed by atoms with Crippen molar-refractivity contribution in [2.45, 2.75) is 19.9 Å². The molecule has 34 heavy (non-hydrogen) atoms. The second kappa shape index (κ2) is 11.1.